The Labute approximate surface area is 119 Å². The third-order valence-electron chi connectivity index (χ3n) is 2.77. The Bertz CT molecular complexity index is 602. The number of aliphatic hydroxyl groups is 1. The Kier molecular flexibility index (Phi) is 4.40. The van der Waals surface area contributed by atoms with E-state index in [1.54, 1.807) is 6.07 Å². The molecule has 0 aliphatic rings. The maximum Gasteiger partial charge on any atom is 0.142 e. The highest BCUT2D eigenvalue weighted by molar-refractivity contribution is 6.31. The van der Waals surface area contributed by atoms with E-state index in [0.29, 0.717) is 11.1 Å². The molecule has 0 aliphatic heterocycles. The van der Waals surface area contributed by atoms with E-state index in [-0.39, 0.29) is 16.5 Å². The Morgan fingerprint density at radius 2 is 1.84 bits per heavy atom. The molecule has 0 aliphatic carbocycles. The van der Waals surface area contributed by atoms with Gasteiger partial charge in [0, 0.05) is 11.4 Å². The van der Waals surface area contributed by atoms with Crippen LogP contribution in [0.2, 0.25) is 10.0 Å². The molecule has 2 rings (SSSR count). The van der Waals surface area contributed by atoms with Gasteiger partial charge < -0.3 is 5.11 Å². The third kappa shape index (κ3) is 3.24. The monoisotopic (exact) mass is 302 g/mol. The van der Waals surface area contributed by atoms with Gasteiger partial charge in [0.1, 0.15) is 11.6 Å². The topological polar surface area (TPSA) is 20.2 Å². The fraction of sp³-hybridized carbons (Fsp3) is 0.143. The van der Waals surface area contributed by atoms with Crippen molar-refractivity contribution in [2.24, 2.45) is 0 Å². The molecule has 0 saturated carbocycles. The fourth-order valence-corrected chi connectivity index (χ4v) is 2.29. The summed E-state index contributed by atoms with van der Waals surface area (Å²) in [6, 6.07) is 8.09. The second kappa shape index (κ2) is 5.87. The van der Waals surface area contributed by atoms with Gasteiger partial charge in [-0.3, -0.25) is 0 Å². The number of halogens is 4. The zero-order valence-corrected chi connectivity index (χ0v) is 11.2. The van der Waals surface area contributed by atoms with Gasteiger partial charge in [-0.25, -0.2) is 8.78 Å². The number of hydrogen-bond acceptors (Lipinski definition) is 1. The Hall–Kier alpha value is -1.16. The van der Waals surface area contributed by atoms with E-state index < -0.39 is 17.7 Å². The van der Waals surface area contributed by atoms with Crippen LogP contribution in [0, 0.1) is 11.6 Å². The molecule has 1 unspecified atom stereocenters. The lowest BCUT2D eigenvalue weighted by molar-refractivity contribution is 0.178. The maximum absolute atomic E-state index is 13.3. The molecule has 2 aromatic carbocycles. The summed E-state index contributed by atoms with van der Waals surface area (Å²) in [5.74, 6) is -1.03. The van der Waals surface area contributed by atoms with E-state index in [2.05, 4.69) is 0 Å². The van der Waals surface area contributed by atoms with Crippen molar-refractivity contribution in [3.05, 3.63) is 69.2 Å². The summed E-state index contributed by atoms with van der Waals surface area (Å²) < 4.78 is 26.2. The molecule has 1 nitrogen and oxygen atoms in total. The van der Waals surface area contributed by atoms with E-state index >= 15 is 0 Å². The molecule has 19 heavy (non-hydrogen) atoms. The largest absolute Gasteiger partial charge is 0.388 e. The highest BCUT2D eigenvalue weighted by Gasteiger charge is 2.15. The molecule has 2 aromatic rings. The first-order valence-corrected chi connectivity index (χ1v) is 6.30. The van der Waals surface area contributed by atoms with Gasteiger partial charge in [0.05, 0.1) is 11.1 Å². The molecule has 1 atom stereocenters. The average molecular weight is 303 g/mol. The van der Waals surface area contributed by atoms with Gasteiger partial charge in [-0.2, -0.15) is 0 Å². The lowest BCUT2D eigenvalue weighted by atomic mass is 10.0. The van der Waals surface area contributed by atoms with Crippen LogP contribution < -0.4 is 0 Å². The van der Waals surface area contributed by atoms with Crippen LogP contribution in [0.5, 0.6) is 0 Å². The van der Waals surface area contributed by atoms with Gasteiger partial charge >= 0.3 is 0 Å². The van der Waals surface area contributed by atoms with Crippen molar-refractivity contribution in [1.82, 2.24) is 0 Å². The second-order valence-corrected chi connectivity index (χ2v) is 4.88. The Morgan fingerprint density at radius 3 is 2.53 bits per heavy atom. The van der Waals surface area contributed by atoms with E-state index in [1.807, 2.05) is 0 Å². The molecule has 0 saturated heterocycles. The second-order valence-electron chi connectivity index (χ2n) is 4.10. The first-order valence-electron chi connectivity index (χ1n) is 5.55. The summed E-state index contributed by atoms with van der Waals surface area (Å²) in [5, 5.41) is 10.2. The van der Waals surface area contributed by atoms with Crippen LogP contribution in [0.4, 0.5) is 8.78 Å². The summed E-state index contributed by atoms with van der Waals surface area (Å²) in [7, 11) is 0. The SMILES string of the molecule is OC(Cc1cccc(F)c1Cl)c1ccc(F)cc1Cl. The van der Waals surface area contributed by atoms with Crippen LogP contribution in [0.15, 0.2) is 36.4 Å². The Balaban J connectivity index is 2.25. The van der Waals surface area contributed by atoms with Crippen LogP contribution in [0.25, 0.3) is 0 Å². The van der Waals surface area contributed by atoms with Crippen molar-refractivity contribution in [1.29, 1.82) is 0 Å². The van der Waals surface area contributed by atoms with Crippen LogP contribution in [-0.4, -0.2) is 5.11 Å². The highest BCUT2D eigenvalue weighted by atomic mass is 35.5. The van der Waals surface area contributed by atoms with E-state index in [9.17, 15) is 13.9 Å². The minimum absolute atomic E-state index is 0.0280. The normalized spacial score (nSPS) is 12.5. The molecule has 1 N–H and O–H groups in total. The minimum atomic E-state index is -0.979. The molecular weight excluding hydrogens is 293 g/mol. The maximum atomic E-state index is 13.3. The van der Waals surface area contributed by atoms with Crippen LogP contribution in [-0.2, 0) is 6.42 Å². The van der Waals surface area contributed by atoms with Gasteiger partial charge in [0.25, 0.3) is 0 Å². The molecule has 0 fully saturated rings. The Morgan fingerprint density at radius 1 is 1.11 bits per heavy atom. The third-order valence-corrected chi connectivity index (χ3v) is 3.52. The summed E-state index contributed by atoms with van der Waals surface area (Å²) in [6.45, 7) is 0. The number of benzene rings is 2. The van der Waals surface area contributed by atoms with Crippen LogP contribution in [0.1, 0.15) is 17.2 Å². The van der Waals surface area contributed by atoms with Crippen molar-refractivity contribution in [2.75, 3.05) is 0 Å². The standard InChI is InChI=1S/C14H10Cl2F2O/c15-11-7-9(17)4-5-10(11)13(19)6-8-2-1-3-12(18)14(8)16/h1-5,7,13,19H,6H2. The summed E-state index contributed by atoms with van der Waals surface area (Å²) in [6.07, 6.45) is -0.880. The molecular formula is C14H10Cl2F2O. The smallest absolute Gasteiger partial charge is 0.142 e. The minimum Gasteiger partial charge on any atom is -0.388 e. The first kappa shape index (κ1) is 14.3. The predicted octanol–water partition coefficient (Wildman–Crippen LogP) is 4.55. The van der Waals surface area contributed by atoms with Crippen LogP contribution >= 0.6 is 23.2 Å². The number of hydrogen-bond donors (Lipinski definition) is 1. The van der Waals surface area contributed by atoms with Crippen molar-refractivity contribution in [2.45, 2.75) is 12.5 Å². The molecule has 0 aromatic heterocycles. The van der Waals surface area contributed by atoms with E-state index in [4.69, 9.17) is 23.2 Å². The number of rotatable bonds is 3. The zero-order chi connectivity index (χ0) is 14.0. The van der Waals surface area contributed by atoms with Gasteiger partial charge in [0.15, 0.2) is 0 Å². The molecule has 0 spiro atoms. The number of aliphatic hydroxyl groups excluding tert-OH is 1. The quantitative estimate of drug-likeness (QED) is 0.882. The van der Waals surface area contributed by atoms with Gasteiger partial charge in [-0.1, -0.05) is 41.4 Å². The highest BCUT2D eigenvalue weighted by Crippen LogP contribution is 2.29. The summed E-state index contributed by atoms with van der Waals surface area (Å²) >= 11 is 11.7. The molecule has 0 radical (unpaired) electrons. The van der Waals surface area contributed by atoms with Gasteiger partial charge in [-0.05, 0) is 29.3 Å². The van der Waals surface area contributed by atoms with Crippen molar-refractivity contribution < 1.29 is 13.9 Å². The molecule has 0 bridgehead atoms. The van der Waals surface area contributed by atoms with E-state index in [1.165, 1.54) is 24.3 Å². The molecule has 0 amide bonds. The first-order chi connectivity index (χ1) is 8.99. The average Bonchev–Trinajstić information content (AvgIpc) is 2.34. The fourth-order valence-electron chi connectivity index (χ4n) is 1.80. The lowest BCUT2D eigenvalue weighted by Gasteiger charge is -2.14. The molecule has 100 valence electrons. The van der Waals surface area contributed by atoms with Crippen LogP contribution in [0.3, 0.4) is 0 Å². The predicted molar refractivity (Wildman–Crippen MR) is 71.5 cm³/mol. The summed E-state index contributed by atoms with van der Waals surface area (Å²) in [4.78, 5) is 0. The van der Waals surface area contributed by atoms with Crippen molar-refractivity contribution in [3.8, 4) is 0 Å². The van der Waals surface area contributed by atoms with Gasteiger partial charge in [-0.15, -0.1) is 0 Å². The zero-order valence-electron chi connectivity index (χ0n) is 9.71. The molecule has 5 heteroatoms. The lowest BCUT2D eigenvalue weighted by Crippen LogP contribution is -2.04. The van der Waals surface area contributed by atoms with Crippen molar-refractivity contribution in [3.63, 3.8) is 0 Å². The van der Waals surface area contributed by atoms with E-state index in [0.717, 1.165) is 6.07 Å². The van der Waals surface area contributed by atoms with Crippen molar-refractivity contribution >= 4 is 23.2 Å². The van der Waals surface area contributed by atoms with Gasteiger partial charge in [0.2, 0.25) is 0 Å². The molecule has 0 heterocycles. The summed E-state index contributed by atoms with van der Waals surface area (Å²) in [5.41, 5.74) is 0.845.